The smallest absolute Gasteiger partial charge is 0.341 e. The molecule has 0 saturated carbocycles. The Kier molecular flexibility index (Phi) is 3.97. The van der Waals surface area contributed by atoms with Crippen LogP contribution in [0.25, 0.3) is 17.3 Å². The number of aliphatic hydroxyl groups is 1. The van der Waals surface area contributed by atoms with Gasteiger partial charge in [-0.2, -0.15) is 0 Å². The number of benzene rings is 1. The van der Waals surface area contributed by atoms with Crippen molar-refractivity contribution in [2.24, 2.45) is 0 Å². The zero-order chi connectivity index (χ0) is 17.4. The normalized spacial score (nSPS) is 12.9. The summed E-state index contributed by atoms with van der Waals surface area (Å²) in [4.78, 5) is 19.7. The number of hydrogen-bond acceptors (Lipinski definition) is 5. The number of ether oxygens (including phenoxy) is 1. The van der Waals surface area contributed by atoms with E-state index in [1.54, 1.807) is 6.08 Å². The summed E-state index contributed by atoms with van der Waals surface area (Å²) in [6, 6.07) is 5.96. The number of rotatable bonds is 3. The van der Waals surface area contributed by atoms with Crippen LogP contribution in [0.1, 0.15) is 21.5 Å². The van der Waals surface area contributed by atoms with Crippen LogP contribution in [0.3, 0.4) is 0 Å². The maximum absolute atomic E-state index is 12.3. The molecule has 0 spiro atoms. The first kappa shape index (κ1) is 16.0. The molecule has 1 aromatic heterocycles. The second kappa shape index (κ2) is 5.96. The number of aliphatic hydroxyl groups excluding tert-OH is 1. The Morgan fingerprint density at radius 1 is 1.42 bits per heavy atom. The molecule has 0 bridgehead atoms. The SMILES string of the molecule is COC(=O)c1c(N(C)C)[nH]c2c1CN(C)c1ccc(C=CO)cc1-2. The predicted octanol–water partition coefficient (Wildman–Crippen LogP) is 3.01. The lowest BCUT2D eigenvalue weighted by atomic mass is 9.96. The molecule has 0 fully saturated rings. The predicted molar refractivity (Wildman–Crippen MR) is 95.7 cm³/mol. The minimum Gasteiger partial charge on any atom is -0.516 e. The van der Waals surface area contributed by atoms with Gasteiger partial charge in [0.15, 0.2) is 0 Å². The first-order valence-corrected chi connectivity index (χ1v) is 7.64. The summed E-state index contributed by atoms with van der Waals surface area (Å²) >= 11 is 0. The van der Waals surface area contributed by atoms with Gasteiger partial charge >= 0.3 is 5.97 Å². The van der Waals surface area contributed by atoms with Crippen molar-refractivity contribution in [1.29, 1.82) is 0 Å². The van der Waals surface area contributed by atoms with Gasteiger partial charge in [-0.15, -0.1) is 0 Å². The first-order valence-electron chi connectivity index (χ1n) is 7.64. The van der Waals surface area contributed by atoms with Crippen molar-refractivity contribution in [3.8, 4) is 11.3 Å². The molecule has 2 aromatic rings. The monoisotopic (exact) mass is 327 g/mol. The molecule has 1 aliphatic rings. The molecule has 126 valence electrons. The second-order valence-electron chi connectivity index (χ2n) is 6.04. The Labute approximate surface area is 141 Å². The maximum Gasteiger partial charge on any atom is 0.341 e. The molecule has 3 rings (SSSR count). The van der Waals surface area contributed by atoms with E-state index in [1.165, 1.54) is 7.11 Å². The molecule has 0 radical (unpaired) electrons. The molecule has 6 heteroatoms. The Hall–Kier alpha value is -2.89. The average molecular weight is 327 g/mol. The van der Waals surface area contributed by atoms with E-state index in [1.807, 2.05) is 44.2 Å². The molecule has 2 heterocycles. The lowest BCUT2D eigenvalue weighted by Crippen LogP contribution is -2.23. The number of aromatic amines is 1. The highest BCUT2D eigenvalue weighted by Gasteiger charge is 2.31. The topological polar surface area (TPSA) is 68.8 Å². The standard InChI is InChI=1S/C18H21N3O3/c1-20(2)17-15(18(23)24-4)13-10-21(3)14-6-5-11(7-8-22)9-12(14)16(13)19-17/h5-9,19,22H,10H2,1-4H3. The van der Waals surface area contributed by atoms with Crippen LogP contribution in [-0.4, -0.2) is 44.3 Å². The highest BCUT2D eigenvalue weighted by atomic mass is 16.5. The van der Waals surface area contributed by atoms with Crippen molar-refractivity contribution >= 4 is 23.6 Å². The van der Waals surface area contributed by atoms with E-state index in [9.17, 15) is 4.79 Å². The van der Waals surface area contributed by atoms with Crippen LogP contribution in [-0.2, 0) is 11.3 Å². The van der Waals surface area contributed by atoms with E-state index in [-0.39, 0.29) is 5.97 Å². The van der Waals surface area contributed by atoms with E-state index in [0.717, 1.165) is 40.2 Å². The van der Waals surface area contributed by atoms with Crippen LogP contribution >= 0.6 is 0 Å². The Morgan fingerprint density at radius 2 is 2.17 bits per heavy atom. The molecule has 1 aliphatic heterocycles. The van der Waals surface area contributed by atoms with Gasteiger partial charge in [0.1, 0.15) is 11.4 Å². The van der Waals surface area contributed by atoms with Gasteiger partial charge in [0.25, 0.3) is 0 Å². The third-order valence-corrected chi connectivity index (χ3v) is 4.28. The van der Waals surface area contributed by atoms with Crippen molar-refractivity contribution in [2.75, 3.05) is 38.1 Å². The zero-order valence-corrected chi connectivity index (χ0v) is 14.3. The highest BCUT2D eigenvalue weighted by Crippen LogP contribution is 2.43. The van der Waals surface area contributed by atoms with Gasteiger partial charge in [0.05, 0.1) is 19.1 Å². The van der Waals surface area contributed by atoms with Crippen molar-refractivity contribution in [3.63, 3.8) is 0 Å². The van der Waals surface area contributed by atoms with Gasteiger partial charge in [0.2, 0.25) is 0 Å². The third-order valence-electron chi connectivity index (χ3n) is 4.28. The van der Waals surface area contributed by atoms with E-state index < -0.39 is 0 Å². The molecule has 0 unspecified atom stereocenters. The third kappa shape index (κ3) is 2.40. The lowest BCUT2D eigenvalue weighted by molar-refractivity contribution is 0.0600. The van der Waals surface area contributed by atoms with Crippen LogP contribution in [0, 0.1) is 0 Å². The van der Waals surface area contributed by atoms with Crippen molar-refractivity contribution in [2.45, 2.75) is 6.54 Å². The summed E-state index contributed by atoms with van der Waals surface area (Å²) in [5.74, 6) is 0.385. The minimum absolute atomic E-state index is 0.348. The molecular formula is C18H21N3O3. The Morgan fingerprint density at radius 3 is 2.79 bits per heavy atom. The summed E-state index contributed by atoms with van der Waals surface area (Å²) in [7, 11) is 7.16. The molecule has 6 nitrogen and oxygen atoms in total. The number of esters is 1. The van der Waals surface area contributed by atoms with Gasteiger partial charge in [-0.3, -0.25) is 0 Å². The van der Waals surface area contributed by atoms with E-state index in [2.05, 4.69) is 9.88 Å². The number of methoxy groups -OCH3 is 1. The molecule has 24 heavy (non-hydrogen) atoms. The van der Waals surface area contributed by atoms with Crippen LogP contribution in [0.2, 0.25) is 0 Å². The summed E-state index contributed by atoms with van der Waals surface area (Å²) in [6.07, 6.45) is 2.65. The molecule has 0 aliphatic carbocycles. The average Bonchev–Trinajstić information content (AvgIpc) is 2.94. The van der Waals surface area contributed by atoms with Crippen molar-refractivity contribution < 1.29 is 14.6 Å². The van der Waals surface area contributed by atoms with E-state index >= 15 is 0 Å². The second-order valence-corrected chi connectivity index (χ2v) is 6.04. The summed E-state index contributed by atoms with van der Waals surface area (Å²) in [5.41, 5.74) is 5.36. The molecule has 0 amide bonds. The zero-order valence-electron chi connectivity index (χ0n) is 14.3. The van der Waals surface area contributed by atoms with Gasteiger partial charge in [-0.1, -0.05) is 6.07 Å². The number of H-pyrrole nitrogens is 1. The number of nitrogens with one attached hydrogen (secondary N) is 1. The highest BCUT2D eigenvalue weighted by molar-refractivity contribution is 6.01. The quantitative estimate of drug-likeness (QED) is 0.670. The van der Waals surface area contributed by atoms with Gasteiger partial charge in [-0.05, 0) is 23.8 Å². The van der Waals surface area contributed by atoms with Crippen LogP contribution < -0.4 is 9.80 Å². The lowest BCUT2D eigenvalue weighted by Gasteiger charge is -2.28. The Balaban J connectivity index is 2.27. The largest absolute Gasteiger partial charge is 0.516 e. The van der Waals surface area contributed by atoms with Gasteiger partial charge in [-0.25, -0.2) is 4.79 Å². The van der Waals surface area contributed by atoms with Gasteiger partial charge < -0.3 is 24.6 Å². The van der Waals surface area contributed by atoms with E-state index in [4.69, 9.17) is 9.84 Å². The maximum atomic E-state index is 12.3. The number of hydrogen-bond donors (Lipinski definition) is 2. The fourth-order valence-corrected chi connectivity index (χ4v) is 3.17. The first-order chi connectivity index (χ1) is 11.5. The Bertz CT molecular complexity index is 821. The van der Waals surface area contributed by atoms with Crippen LogP contribution in [0.4, 0.5) is 11.5 Å². The molecule has 0 saturated heterocycles. The molecule has 1 aromatic carbocycles. The van der Waals surface area contributed by atoms with E-state index in [0.29, 0.717) is 12.1 Å². The molecule has 2 N–H and O–H groups in total. The number of aromatic nitrogens is 1. The summed E-state index contributed by atoms with van der Waals surface area (Å²) in [6.45, 7) is 0.617. The van der Waals surface area contributed by atoms with Crippen molar-refractivity contribution in [3.05, 3.63) is 41.2 Å². The number of anilines is 2. The van der Waals surface area contributed by atoms with Gasteiger partial charge in [0, 0.05) is 44.5 Å². The summed E-state index contributed by atoms with van der Waals surface area (Å²) < 4.78 is 4.99. The molecule has 0 atom stereocenters. The fraction of sp³-hybridized carbons (Fsp3) is 0.278. The summed E-state index contributed by atoms with van der Waals surface area (Å²) in [5, 5.41) is 9.03. The van der Waals surface area contributed by atoms with Crippen LogP contribution in [0.5, 0.6) is 0 Å². The van der Waals surface area contributed by atoms with Crippen LogP contribution in [0.15, 0.2) is 24.5 Å². The number of fused-ring (bicyclic) bond motifs is 3. The van der Waals surface area contributed by atoms with Crippen molar-refractivity contribution in [1.82, 2.24) is 4.98 Å². The number of carbonyl (C=O) groups is 1. The molecular weight excluding hydrogens is 306 g/mol. The number of nitrogens with zero attached hydrogens (tertiary/aromatic N) is 2. The fourth-order valence-electron chi connectivity index (χ4n) is 3.17. The minimum atomic E-state index is -0.348. The number of carbonyl (C=O) groups excluding carboxylic acids is 1.